The van der Waals surface area contributed by atoms with Gasteiger partial charge in [-0.05, 0) is 0 Å². The van der Waals surface area contributed by atoms with Gasteiger partial charge in [0, 0.05) is 30.2 Å². The fourth-order valence-electron chi connectivity index (χ4n) is 2.14. The highest BCUT2D eigenvalue weighted by molar-refractivity contribution is 7.99. The van der Waals surface area contributed by atoms with Gasteiger partial charge in [0.25, 0.3) is 0 Å². The van der Waals surface area contributed by atoms with E-state index >= 15 is 0 Å². The van der Waals surface area contributed by atoms with Crippen molar-refractivity contribution in [1.82, 2.24) is 4.98 Å². The highest BCUT2D eigenvalue weighted by Gasteiger charge is 2.22. The molecule has 20 heavy (non-hydrogen) atoms. The van der Waals surface area contributed by atoms with Gasteiger partial charge < -0.3 is 10.0 Å². The van der Waals surface area contributed by atoms with Crippen LogP contribution in [-0.4, -0.2) is 40.7 Å². The molecule has 1 N–H and O–H groups in total. The highest BCUT2D eigenvalue weighted by Crippen LogP contribution is 2.33. The molecule has 0 amide bonds. The zero-order valence-corrected chi connectivity index (χ0v) is 12.4. The van der Waals surface area contributed by atoms with Crippen molar-refractivity contribution in [3.05, 3.63) is 35.2 Å². The number of benzene rings is 1. The number of rotatable bonds is 3. The lowest BCUT2D eigenvalue weighted by molar-refractivity contribution is 0.0702. The van der Waals surface area contributed by atoms with E-state index in [-0.39, 0.29) is 0 Å². The number of carboxylic acids is 1. The second-order valence-electron chi connectivity index (χ2n) is 4.44. The standard InChI is InChI=1S/C14H14N2O2S2/c17-13(18)12-11(10-4-2-1-3-5-10)15-14(20-12)16-6-8-19-9-7-16/h1-5H,6-9H2,(H,17,18). The van der Waals surface area contributed by atoms with Crippen molar-refractivity contribution in [2.24, 2.45) is 0 Å². The van der Waals surface area contributed by atoms with Crippen molar-refractivity contribution in [3.8, 4) is 11.3 Å². The number of hydrogen-bond donors (Lipinski definition) is 1. The van der Waals surface area contributed by atoms with Crippen LogP contribution in [0.4, 0.5) is 5.13 Å². The predicted octanol–water partition coefficient (Wildman–Crippen LogP) is 3.06. The van der Waals surface area contributed by atoms with Crippen LogP contribution < -0.4 is 4.90 Å². The van der Waals surface area contributed by atoms with E-state index in [2.05, 4.69) is 9.88 Å². The van der Waals surface area contributed by atoms with Gasteiger partial charge in [-0.15, -0.1) is 0 Å². The van der Waals surface area contributed by atoms with E-state index in [4.69, 9.17) is 0 Å². The Bertz CT molecular complexity index is 607. The van der Waals surface area contributed by atoms with Crippen molar-refractivity contribution >= 4 is 34.2 Å². The van der Waals surface area contributed by atoms with Crippen molar-refractivity contribution in [2.75, 3.05) is 29.5 Å². The molecule has 6 heteroatoms. The third kappa shape index (κ3) is 2.66. The van der Waals surface area contributed by atoms with Crippen LogP contribution in [0, 0.1) is 0 Å². The normalized spacial score (nSPS) is 15.3. The molecule has 1 saturated heterocycles. The summed E-state index contributed by atoms with van der Waals surface area (Å²) in [5.41, 5.74) is 1.44. The quantitative estimate of drug-likeness (QED) is 0.944. The Labute approximate surface area is 125 Å². The maximum atomic E-state index is 11.4. The molecule has 0 radical (unpaired) electrons. The molecule has 1 aromatic heterocycles. The van der Waals surface area contributed by atoms with Crippen LogP contribution in [0.5, 0.6) is 0 Å². The molecule has 2 aromatic rings. The summed E-state index contributed by atoms with van der Waals surface area (Å²) in [4.78, 5) is 18.5. The van der Waals surface area contributed by atoms with E-state index in [0.29, 0.717) is 10.6 Å². The summed E-state index contributed by atoms with van der Waals surface area (Å²) in [6.07, 6.45) is 0. The first kappa shape index (κ1) is 13.5. The van der Waals surface area contributed by atoms with Crippen molar-refractivity contribution < 1.29 is 9.90 Å². The van der Waals surface area contributed by atoms with Crippen LogP contribution in [0.3, 0.4) is 0 Å². The molecule has 0 unspecified atom stereocenters. The van der Waals surface area contributed by atoms with Gasteiger partial charge in [-0.2, -0.15) is 11.8 Å². The Hall–Kier alpha value is -1.53. The molecule has 2 heterocycles. The number of thioether (sulfide) groups is 1. The maximum Gasteiger partial charge on any atom is 0.348 e. The van der Waals surface area contributed by atoms with Gasteiger partial charge in [0.05, 0.1) is 5.69 Å². The summed E-state index contributed by atoms with van der Waals surface area (Å²) >= 11 is 3.20. The van der Waals surface area contributed by atoms with Crippen LogP contribution in [0.2, 0.25) is 0 Å². The third-order valence-corrected chi connectivity index (χ3v) is 5.19. The monoisotopic (exact) mass is 306 g/mol. The first-order chi connectivity index (χ1) is 9.75. The molecule has 1 aliphatic heterocycles. The van der Waals surface area contributed by atoms with E-state index in [9.17, 15) is 9.90 Å². The summed E-state index contributed by atoms with van der Waals surface area (Å²) in [5.74, 6) is 1.24. The smallest absolute Gasteiger partial charge is 0.348 e. The molecule has 0 atom stereocenters. The maximum absolute atomic E-state index is 11.4. The summed E-state index contributed by atoms with van der Waals surface area (Å²) < 4.78 is 0. The Kier molecular flexibility index (Phi) is 3.93. The summed E-state index contributed by atoms with van der Waals surface area (Å²) in [6, 6.07) is 9.52. The van der Waals surface area contributed by atoms with E-state index < -0.39 is 5.97 Å². The van der Waals surface area contributed by atoms with Gasteiger partial charge in [-0.3, -0.25) is 0 Å². The Morgan fingerprint density at radius 2 is 1.90 bits per heavy atom. The number of nitrogens with zero attached hydrogens (tertiary/aromatic N) is 2. The second-order valence-corrected chi connectivity index (χ2v) is 6.65. The molecule has 0 saturated carbocycles. The van der Waals surface area contributed by atoms with Gasteiger partial charge in [0.15, 0.2) is 5.13 Å². The first-order valence-electron chi connectivity index (χ1n) is 6.38. The van der Waals surface area contributed by atoms with Crippen molar-refractivity contribution in [3.63, 3.8) is 0 Å². The Morgan fingerprint density at radius 3 is 2.55 bits per heavy atom. The molecule has 3 rings (SSSR count). The zero-order valence-electron chi connectivity index (χ0n) is 10.8. The molecular weight excluding hydrogens is 292 g/mol. The molecule has 0 aliphatic carbocycles. The number of anilines is 1. The molecule has 1 fully saturated rings. The number of thiazole rings is 1. The molecule has 0 spiro atoms. The van der Waals surface area contributed by atoms with Crippen LogP contribution in [0.25, 0.3) is 11.3 Å². The number of aromatic nitrogens is 1. The lowest BCUT2D eigenvalue weighted by Gasteiger charge is -2.25. The van der Waals surface area contributed by atoms with Gasteiger partial charge in [0.1, 0.15) is 4.88 Å². The average Bonchev–Trinajstić information content (AvgIpc) is 2.94. The van der Waals surface area contributed by atoms with Crippen molar-refractivity contribution in [2.45, 2.75) is 0 Å². The topological polar surface area (TPSA) is 53.4 Å². The van der Waals surface area contributed by atoms with Crippen LogP contribution in [0.1, 0.15) is 9.67 Å². The number of carbonyl (C=O) groups is 1. The molecule has 0 bridgehead atoms. The summed E-state index contributed by atoms with van der Waals surface area (Å²) in [5, 5.41) is 10.2. The first-order valence-corrected chi connectivity index (χ1v) is 8.35. The van der Waals surface area contributed by atoms with Gasteiger partial charge in [-0.1, -0.05) is 41.7 Å². The number of aromatic carboxylic acids is 1. The lowest BCUT2D eigenvalue weighted by atomic mass is 10.1. The minimum absolute atomic E-state index is 0.324. The molecular formula is C14H14N2O2S2. The number of carboxylic acid groups (broad SMARTS) is 1. The largest absolute Gasteiger partial charge is 0.477 e. The van der Waals surface area contributed by atoms with Crippen molar-refractivity contribution in [1.29, 1.82) is 0 Å². The Morgan fingerprint density at radius 1 is 1.20 bits per heavy atom. The fourth-order valence-corrected chi connectivity index (χ4v) is 4.02. The predicted molar refractivity (Wildman–Crippen MR) is 84.0 cm³/mol. The minimum atomic E-state index is -0.904. The van der Waals surface area contributed by atoms with Gasteiger partial charge >= 0.3 is 5.97 Å². The fraction of sp³-hybridized carbons (Fsp3) is 0.286. The lowest BCUT2D eigenvalue weighted by Crippen LogP contribution is -2.32. The Balaban J connectivity index is 2.00. The van der Waals surface area contributed by atoms with E-state index in [1.807, 2.05) is 42.1 Å². The van der Waals surface area contributed by atoms with Crippen LogP contribution in [-0.2, 0) is 0 Å². The SMILES string of the molecule is O=C(O)c1sc(N2CCSCC2)nc1-c1ccccc1. The van der Waals surface area contributed by atoms with Crippen LogP contribution >= 0.6 is 23.1 Å². The molecule has 104 valence electrons. The summed E-state index contributed by atoms with van der Waals surface area (Å²) in [7, 11) is 0. The summed E-state index contributed by atoms with van der Waals surface area (Å²) in [6.45, 7) is 1.87. The number of hydrogen-bond acceptors (Lipinski definition) is 5. The molecule has 4 nitrogen and oxygen atoms in total. The van der Waals surface area contributed by atoms with Gasteiger partial charge in [-0.25, -0.2) is 9.78 Å². The highest BCUT2D eigenvalue weighted by atomic mass is 32.2. The molecule has 1 aromatic carbocycles. The van der Waals surface area contributed by atoms with Gasteiger partial charge in [0.2, 0.25) is 0 Å². The minimum Gasteiger partial charge on any atom is -0.477 e. The third-order valence-electron chi connectivity index (χ3n) is 3.14. The van der Waals surface area contributed by atoms with E-state index in [0.717, 1.165) is 35.3 Å². The van der Waals surface area contributed by atoms with E-state index in [1.165, 1.54) is 11.3 Å². The van der Waals surface area contributed by atoms with Crippen LogP contribution in [0.15, 0.2) is 30.3 Å². The molecule has 1 aliphatic rings. The average molecular weight is 306 g/mol. The second kappa shape index (κ2) is 5.85. The zero-order chi connectivity index (χ0) is 13.9. The van der Waals surface area contributed by atoms with E-state index in [1.54, 1.807) is 0 Å².